The summed E-state index contributed by atoms with van der Waals surface area (Å²) < 4.78 is 21.7. The van der Waals surface area contributed by atoms with Gasteiger partial charge in [-0.05, 0) is 103 Å². The molecule has 1 saturated heterocycles. The maximum Gasteiger partial charge on any atom is 0.307 e. The van der Waals surface area contributed by atoms with Crippen molar-refractivity contribution in [3.8, 4) is 11.4 Å². The summed E-state index contributed by atoms with van der Waals surface area (Å²) in [5, 5.41) is 16.1. The number of allylic oxidation sites excluding steroid dienone is 1. The number of furan rings is 1. The van der Waals surface area contributed by atoms with Crippen molar-refractivity contribution in [2.45, 2.75) is 125 Å². The Labute approximate surface area is 305 Å². The van der Waals surface area contributed by atoms with Crippen LogP contribution in [0.5, 0.6) is 0 Å². The molecule has 3 N–H and O–H groups in total. The zero-order valence-corrected chi connectivity index (χ0v) is 32.9. The van der Waals surface area contributed by atoms with Crippen molar-refractivity contribution in [2.24, 2.45) is 68.3 Å². The minimum Gasteiger partial charge on any atom is -0.481 e. The molecule has 4 fully saturated rings. The van der Waals surface area contributed by atoms with Crippen LogP contribution in [0.1, 0.15) is 114 Å². The van der Waals surface area contributed by atoms with Crippen LogP contribution in [0.4, 0.5) is 0 Å². The quantitative estimate of drug-likeness (QED) is 0.249. The fourth-order valence-corrected chi connectivity index (χ4v) is 12.6. The zero-order chi connectivity index (χ0) is 36.9. The molecule has 7 rings (SSSR count). The van der Waals surface area contributed by atoms with Crippen LogP contribution in [0.2, 0.25) is 0 Å². The third kappa shape index (κ3) is 5.13. The second kappa shape index (κ2) is 12.3. The molecule has 9 heteroatoms. The van der Waals surface area contributed by atoms with E-state index in [2.05, 4.69) is 80.0 Å². The molecule has 9 nitrogen and oxygen atoms in total. The molecule has 2 bridgehead atoms. The van der Waals surface area contributed by atoms with Gasteiger partial charge in [-0.2, -0.15) is 5.10 Å². The van der Waals surface area contributed by atoms with Gasteiger partial charge in [-0.15, -0.1) is 0 Å². The number of hydrogen-bond acceptors (Lipinski definition) is 7. The van der Waals surface area contributed by atoms with Gasteiger partial charge in [0, 0.05) is 11.0 Å². The van der Waals surface area contributed by atoms with E-state index in [4.69, 9.17) is 29.7 Å². The number of hydrogen-bond donors (Lipinski definition) is 2. The minimum atomic E-state index is -0.636. The predicted molar refractivity (Wildman–Crippen MR) is 198 cm³/mol. The SMILES string of the molecule is CC(C)[C@@H](C)[C@@]1(C)CC[C@]2(C)[C@H]3CC[C@@H]4[C@@]5(C)COC[C@@]4(C3=CC[C@@]2(C)[C@@H]1C(=O)O)[C@@H](OC[C@](C)(N)C(C)C)[C@H](n1ncnc1-c1ccoc1)C5. The van der Waals surface area contributed by atoms with E-state index in [1.807, 2.05) is 6.07 Å². The van der Waals surface area contributed by atoms with E-state index >= 15 is 0 Å². The molecule has 2 aromatic rings. The first-order chi connectivity index (χ1) is 23.9. The summed E-state index contributed by atoms with van der Waals surface area (Å²) in [6.07, 6.45) is 12.9. The fraction of sp³-hybridized carbons (Fsp3) is 0.786. The van der Waals surface area contributed by atoms with Gasteiger partial charge in [0.15, 0.2) is 5.82 Å². The van der Waals surface area contributed by atoms with Crippen molar-refractivity contribution in [3.63, 3.8) is 0 Å². The van der Waals surface area contributed by atoms with Crippen molar-refractivity contribution in [2.75, 3.05) is 19.8 Å². The molecule has 12 atom stereocenters. The predicted octanol–water partition coefficient (Wildman–Crippen LogP) is 8.43. The van der Waals surface area contributed by atoms with E-state index in [0.29, 0.717) is 37.6 Å². The van der Waals surface area contributed by atoms with Crippen molar-refractivity contribution < 1.29 is 23.8 Å². The third-order valence-electron chi connectivity index (χ3n) is 16.6. The number of nitrogens with two attached hydrogens (primary N) is 1. The monoisotopic (exact) mass is 704 g/mol. The van der Waals surface area contributed by atoms with Gasteiger partial charge in [0.2, 0.25) is 0 Å². The maximum atomic E-state index is 13.6. The van der Waals surface area contributed by atoms with Gasteiger partial charge in [0.1, 0.15) is 12.6 Å². The lowest BCUT2D eigenvalue weighted by Crippen LogP contribution is -2.70. The molecule has 5 aliphatic rings. The molecule has 51 heavy (non-hydrogen) atoms. The first-order valence-electron chi connectivity index (χ1n) is 19.7. The van der Waals surface area contributed by atoms with Crippen LogP contribution in [-0.4, -0.2) is 57.3 Å². The number of fused-ring (bicyclic) bond motifs is 3. The average Bonchev–Trinajstić information content (AvgIpc) is 3.76. The molecule has 4 aliphatic carbocycles. The summed E-state index contributed by atoms with van der Waals surface area (Å²) in [7, 11) is 0. The molecule has 282 valence electrons. The van der Waals surface area contributed by atoms with Crippen molar-refractivity contribution >= 4 is 5.97 Å². The van der Waals surface area contributed by atoms with E-state index in [-0.39, 0.29) is 40.2 Å². The van der Waals surface area contributed by atoms with Crippen molar-refractivity contribution in [3.05, 3.63) is 36.6 Å². The van der Waals surface area contributed by atoms with Crippen LogP contribution in [0, 0.1) is 62.6 Å². The summed E-state index contributed by atoms with van der Waals surface area (Å²) in [4.78, 5) is 18.4. The lowest BCUT2D eigenvalue weighted by molar-refractivity contribution is -0.254. The standard InChI is InChI=1S/C42H64N4O5/c1-25(2)27(5)38(7)16-17-39(8)29-11-12-32-37(6)19-31(46-35(44-24-45-46)28-14-18-49-20-28)34(51-22-41(10,43)26(3)4)42(32,23-50-21-37)30(29)13-15-40(39,9)33(38)36(47)48/h13-14,18,20,24-27,29,31-34H,11-12,15-17,19,21-23,43H2,1-10H3,(H,47,48)/t27-,29+,31-,32-,33-,34+,37-,38-,39-,40+,41+,42+/m1/s1. The third-order valence-corrected chi connectivity index (χ3v) is 16.6. The number of aromatic nitrogens is 3. The maximum absolute atomic E-state index is 13.6. The first-order valence-corrected chi connectivity index (χ1v) is 19.7. The Bertz CT molecular complexity index is 1650. The normalized spacial score (nSPS) is 42.4. The first kappa shape index (κ1) is 36.9. The summed E-state index contributed by atoms with van der Waals surface area (Å²) in [5.74, 6) is 1.20. The molecule has 0 aromatic carbocycles. The zero-order valence-electron chi connectivity index (χ0n) is 32.9. The van der Waals surface area contributed by atoms with Crippen LogP contribution < -0.4 is 5.73 Å². The smallest absolute Gasteiger partial charge is 0.307 e. The van der Waals surface area contributed by atoms with E-state index < -0.39 is 28.3 Å². The van der Waals surface area contributed by atoms with E-state index in [1.165, 1.54) is 5.57 Å². The highest BCUT2D eigenvalue weighted by molar-refractivity contribution is 5.73. The number of rotatable bonds is 9. The Morgan fingerprint density at radius 1 is 1.12 bits per heavy atom. The molecule has 2 aromatic heterocycles. The number of carbonyl (C=O) groups is 1. The lowest BCUT2D eigenvalue weighted by Gasteiger charge is -2.71. The average molecular weight is 705 g/mol. The molecule has 3 heterocycles. The Kier molecular flexibility index (Phi) is 8.87. The molecular formula is C42H64N4O5. The van der Waals surface area contributed by atoms with Crippen LogP contribution in [0.3, 0.4) is 0 Å². The Balaban J connectivity index is 1.40. The largest absolute Gasteiger partial charge is 0.481 e. The highest BCUT2D eigenvalue weighted by Gasteiger charge is 2.72. The second-order valence-corrected chi connectivity index (χ2v) is 19.6. The van der Waals surface area contributed by atoms with Crippen LogP contribution in [0.25, 0.3) is 11.4 Å². The molecule has 0 amide bonds. The van der Waals surface area contributed by atoms with Gasteiger partial charge in [0.25, 0.3) is 0 Å². The molecule has 0 radical (unpaired) electrons. The van der Waals surface area contributed by atoms with E-state index in [9.17, 15) is 9.90 Å². The molecule has 0 spiro atoms. The molecule has 1 aliphatic heterocycles. The lowest BCUT2D eigenvalue weighted by atomic mass is 9.34. The van der Waals surface area contributed by atoms with Gasteiger partial charge >= 0.3 is 5.97 Å². The van der Waals surface area contributed by atoms with E-state index in [0.717, 1.165) is 49.9 Å². The molecule has 0 unspecified atom stereocenters. The number of nitrogens with zero attached hydrogens (tertiary/aromatic N) is 3. The summed E-state index contributed by atoms with van der Waals surface area (Å²) in [5.41, 5.74) is 7.36. The topological polar surface area (TPSA) is 126 Å². The second-order valence-electron chi connectivity index (χ2n) is 19.6. The Hall–Kier alpha value is -2.49. The minimum absolute atomic E-state index is 0.110. The summed E-state index contributed by atoms with van der Waals surface area (Å²) in [6.45, 7) is 24.4. The highest BCUT2D eigenvalue weighted by Crippen LogP contribution is 2.75. The number of carboxylic acid groups (broad SMARTS) is 1. The van der Waals surface area contributed by atoms with E-state index in [1.54, 1.807) is 18.9 Å². The Morgan fingerprint density at radius 3 is 2.51 bits per heavy atom. The molecular weight excluding hydrogens is 640 g/mol. The van der Waals surface area contributed by atoms with Crippen LogP contribution >= 0.6 is 0 Å². The number of carboxylic acids is 1. The van der Waals surface area contributed by atoms with Gasteiger partial charge < -0.3 is 24.7 Å². The van der Waals surface area contributed by atoms with Crippen molar-refractivity contribution in [1.82, 2.24) is 14.8 Å². The van der Waals surface area contributed by atoms with Gasteiger partial charge in [-0.3, -0.25) is 4.79 Å². The number of aliphatic carboxylic acids is 1. The Morgan fingerprint density at radius 2 is 1.86 bits per heavy atom. The summed E-state index contributed by atoms with van der Waals surface area (Å²) in [6, 6.07) is 1.83. The van der Waals surface area contributed by atoms with Crippen LogP contribution in [0.15, 0.2) is 41.0 Å². The summed E-state index contributed by atoms with van der Waals surface area (Å²) >= 11 is 0. The van der Waals surface area contributed by atoms with Gasteiger partial charge in [-0.1, -0.05) is 74.0 Å². The molecule has 3 saturated carbocycles. The van der Waals surface area contributed by atoms with Crippen molar-refractivity contribution in [1.29, 1.82) is 0 Å². The highest BCUT2D eigenvalue weighted by atomic mass is 16.5. The fourth-order valence-electron chi connectivity index (χ4n) is 12.6. The van der Waals surface area contributed by atoms with Crippen LogP contribution in [-0.2, 0) is 14.3 Å². The van der Waals surface area contributed by atoms with Gasteiger partial charge in [0.05, 0.1) is 49.7 Å². The number of ether oxygens (including phenoxy) is 2. The van der Waals surface area contributed by atoms with Gasteiger partial charge in [-0.25, -0.2) is 9.67 Å².